The molecular formula is C22H27N3O5S2. The van der Waals surface area contributed by atoms with Crippen LogP contribution < -0.4 is 15.2 Å². The Hall–Kier alpha value is -2.85. The molecule has 1 aromatic heterocycles. The Morgan fingerprint density at radius 1 is 1.19 bits per heavy atom. The molecule has 3 rings (SSSR count). The lowest BCUT2D eigenvalue weighted by Gasteiger charge is -2.18. The van der Waals surface area contributed by atoms with Crippen molar-refractivity contribution >= 4 is 49.0 Å². The highest BCUT2D eigenvalue weighted by atomic mass is 32.2. The van der Waals surface area contributed by atoms with Gasteiger partial charge in [0.25, 0.3) is 0 Å². The lowest BCUT2D eigenvalue weighted by molar-refractivity contribution is 0.00694. The minimum atomic E-state index is -4.07. The number of hydrogen-bond acceptors (Lipinski definition) is 9. The van der Waals surface area contributed by atoms with Gasteiger partial charge in [-0.25, -0.2) is 9.78 Å². The first kappa shape index (κ1) is 23.8. The monoisotopic (exact) mass is 477 g/mol. The predicted molar refractivity (Wildman–Crippen MR) is 127 cm³/mol. The fourth-order valence-electron chi connectivity index (χ4n) is 2.72. The topological polar surface area (TPSA) is 121 Å². The first-order valence-corrected chi connectivity index (χ1v) is 12.3. The largest absolute Gasteiger partial charge is 0.455 e. The van der Waals surface area contributed by atoms with Crippen LogP contribution in [0.1, 0.15) is 44.4 Å². The second-order valence-electron chi connectivity index (χ2n) is 8.72. The van der Waals surface area contributed by atoms with Gasteiger partial charge >= 0.3 is 16.1 Å². The first-order chi connectivity index (χ1) is 14.8. The zero-order chi connectivity index (χ0) is 23.7. The van der Waals surface area contributed by atoms with E-state index in [1.54, 1.807) is 32.9 Å². The summed E-state index contributed by atoms with van der Waals surface area (Å²) in [5.41, 5.74) is 6.79. The molecule has 8 nitrogen and oxygen atoms in total. The summed E-state index contributed by atoms with van der Waals surface area (Å²) in [6.07, 6.45) is 0. The van der Waals surface area contributed by atoms with E-state index < -0.39 is 21.7 Å². The number of rotatable bonds is 7. The number of carbonyl (C=O) groups excluding carboxylic acids is 1. The van der Waals surface area contributed by atoms with E-state index in [0.717, 1.165) is 23.6 Å². The Balaban J connectivity index is 1.82. The zero-order valence-corrected chi connectivity index (χ0v) is 20.3. The van der Waals surface area contributed by atoms with Crippen molar-refractivity contribution in [2.24, 2.45) is 5.92 Å². The van der Waals surface area contributed by atoms with Gasteiger partial charge in [-0.1, -0.05) is 13.8 Å². The molecule has 0 spiro atoms. The standard InChI is InChI=1S/C22H27N3O5S2/c1-13(2)12-24-14-6-8-16(9-7-14)32(27,28)30-15-10-17(23)19-18(11-15)31-20(25-19)21(26)29-22(3,4)5/h6-11,13,24H,12,23H2,1-5H3. The van der Waals surface area contributed by atoms with Crippen molar-refractivity contribution in [3.63, 3.8) is 0 Å². The molecule has 3 N–H and O–H groups in total. The summed E-state index contributed by atoms with van der Waals surface area (Å²) in [6, 6.07) is 9.20. The van der Waals surface area contributed by atoms with Gasteiger partial charge in [0.05, 0.1) is 10.4 Å². The van der Waals surface area contributed by atoms with Crippen LogP contribution in [0.3, 0.4) is 0 Å². The van der Waals surface area contributed by atoms with Crippen LogP contribution >= 0.6 is 11.3 Å². The first-order valence-electron chi connectivity index (χ1n) is 10.1. The van der Waals surface area contributed by atoms with Crippen LogP contribution in [-0.2, 0) is 14.9 Å². The highest BCUT2D eigenvalue weighted by Gasteiger charge is 2.23. The van der Waals surface area contributed by atoms with E-state index >= 15 is 0 Å². The van der Waals surface area contributed by atoms with Crippen LogP contribution in [0, 0.1) is 5.92 Å². The number of carbonyl (C=O) groups is 1. The van der Waals surface area contributed by atoms with Crippen LogP contribution in [0.2, 0.25) is 0 Å². The van der Waals surface area contributed by atoms with Gasteiger partial charge in [0, 0.05) is 24.4 Å². The number of thiazole rings is 1. The number of ether oxygens (including phenoxy) is 1. The maximum Gasteiger partial charge on any atom is 0.367 e. The molecule has 0 aliphatic rings. The molecule has 0 saturated carbocycles. The number of hydrogen-bond donors (Lipinski definition) is 2. The normalized spacial score (nSPS) is 12.2. The fraction of sp³-hybridized carbons (Fsp3) is 0.364. The number of esters is 1. The van der Waals surface area contributed by atoms with E-state index in [1.807, 2.05) is 0 Å². The highest BCUT2D eigenvalue weighted by molar-refractivity contribution is 7.87. The SMILES string of the molecule is CC(C)CNc1ccc(S(=O)(=O)Oc2cc(N)c3nc(C(=O)OC(C)(C)C)sc3c2)cc1. The van der Waals surface area contributed by atoms with Crippen LogP contribution in [0.4, 0.5) is 11.4 Å². The lowest BCUT2D eigenvalue weighted by Crippen LogP contribution is -2.23. The van der Waals surface area contributed by atoms with Crippen molar-refractivity contribution in [3.8, 4) is 5.75 Å². The lowest BCUT2D eigenvalue weighted by atomic mass is 10.2. The number of nitrogens with two attached hydrogens (primary N) is 1. The molecule has 2 aromatic carbocycles. The number of benzene rings is 2. The second-order valence-corrected chi connectivity index (χ2v) is 11.3. The summed E-state index contributed by atoms with van der Waals surface area (Å²) in [5, 5.41) is 3.36. The quantitative estimate of drug-likeness (QED) is 0.286. The minimum Gasteiger partial charge on any atom is -0.455 e. The third-order valence-electron chi connectivity index (χ3n) is 4.13. The Bertz CT molecular complexity index is 1230. The summed E-state index contributed by atoms with van der Waals surface area (Å²) in [7, 11) is -4.07. The van der Waals surface area contributed by atoms with Gasteiger partial charge in [0.2, 0.25) is 5.01 Å². The van der Waals surface area contributed by atoms with E-state index in [4.69, 9.17) is 14.7 Å². The average molecular weight is 478 g/mol. The summed E-state index contributed by atoms with van der Waals surface area (Å²) in [4.78, 5) is 16.6. The Morgan fingerprint density at radius 3 is 2.44 bits per heavy atom. The molecule has 172 valence electrons. The van der Waals surface area contributed by atoms with Crippen LogP contribution in [0.15, 0.2) is 41.3 Å². The predicted octanol–water partition coefficient (Wildman–Crippen LogP) is 4.67. The van der Waals surface area contributed by atoms with Gasteiger partial charge in [-0.05, 0) is 51.0 Å². The third kappa shape index (κ3) is 5.89. The van der Waals surface area contributed by atoms with Crippen LogP contribution in [0.5, 0.6) is 5.75 Å². The minimum absolute atomic E-state index is 0.0185. The Morgan fingerprint density at radius 2 is 1.84 bits per heavy atom. The molecule has 0 bridgehead atoms. The van der Waals surface area contributed by atoms with Gasteiger partial charge in [-0.2, -0.15) is 8.42 Å². The van der Waals surface area contributed by atoms with E-state index in [0.29, 0.717) is 16.1 Å². The van der Waals surface area contributed by atoms with Crippen molar-refractivity contribution in [3.05, 3.63) is 41.4 Å². The molecule has 0 fully saturated rings. The summed E-state index contributed by atoms with van der Waals surface area (Å²) in [6.45, 7) is 10.2. The summed E-state index contributed by atoms with van der Waals surface area (Å²) >= 11 is 1.06. The molecular weight excluding hydrogens is 450 g/mol. The van der Waals surface area contributed by atoms with Crippen LogP contribution in [0.25, 0.3) is 10.2 Å². The molecule has 0 atom stereocenters. The molecule has 3 aromatic rings. The van der Waals surface area contributed by atoms with E-state index in [2.05, 4.69) is 24.1 Å². The van der Waals surface area contributed by atoms with E-state index in [9.17, 15) is 13.2 Å². The van der Waals surface area contributed by atoms with Gasteiger partial charge in [-0.15, -0.1) is 11.3 Å². The fourth-order valence-corrected chi connectivity index (χ4v) is 4.54. The Labute approximate surface area is 191 Å². The summed E-state index contributed by atoms with van der Waals surface area (Å²) < 4.78 is 36.6. The van der Waals surface area contributed by atoms with Gasteiger partial charge in [0.1, 0.15) is 21.8 Å². The maximum absolute atomic E-state index is 12.7. The molecule has 0 amide bonds. The van der Waals surface area contributed by atoms with Crippen molar-refractivity contribution < 1.29 is 22.1 Å². The molecule has 32 heavy (non-hydrogen) atoms. The van der Waals surface area contributed by atoms with Crippen molar-refractivity contribution in [1.82, 2.24) is 4.98 Å². The van der Waals surface area contributed by atoms with E-state index in [1.165, 1.54) is 24.3 Å². The van der Waals surface area contributed by atoms with Crippen molar-refractivity contribution in [2.45, 2.75) is 45.1 Å². The van der Waals surface area contributed by atoms with Gasteiger partial charge < -0.3 is 20.0 Å². The second kappa shape index (κ2) is 8.95. The van der Waals surface area contributed by atoms with Gasteiger partial charge in [-0.3, -0.25) is 0 Å². The number of nitrogen functional groups attached to an aromatic ring is 1. The number of nitrogens with one attached hydrogen (secondary N) is 1. The molecule has 10 heteroatoms. The smallest absolute Gasteiger partial charge is 0.367 e. The van der Waals surface area contributed by atoms with Crippen molar-refractivity contribution in [1.29, 1.82) is 0 Å². The van der Waals surface area contributed by atoms with Crippen molar-refractivity contribution in [2.75, 3.05) is 17.6 Å². The Kier molecular flexibility index (Phi) is 6.66. The molecule has 0 aliphatic heterocycles. The number of aromatic nitrogens is 1. The average Bonchev–Trinajstić information content (AvgIpc) is 3.10. The van der Waals surface area contributed by atoms with Crippen LogP contribution in [-0.4, -0.2) is 31.5 Å². The molecule has 0 saturated heterocycles. The maximum atomic E-state index is 12.7. The molecule has 0 radical (unpaired) electrons. The number of anilines is 2. The molecule has 0 unspecified atom stereocenters. The number of fused-ring (bicyclic) bond motifs is 1. The highest BCUT2D eigenvalue weighted by Crippen LogP contribution is 2.33. The number of nitrogens with zero attached hydrogens (tertiary/aromatic N) is 1. The van der Waals surface area contributed by atoms with Gasteiger partial charge in [0.15, 0.2) is 0 Å². The zero-order valence-electron chi connectivity index (χ0n) is 18.6. The van der Waals surface area contributed by atoms with E-state index in [-0.39, 0.29) is 21.3 Å². The third-order valence-corrected chi connectivity index (χ3v) is 6.38. The summed E-state index contributed by atoms with van der Waals surface area (Å²) in [5.74, 6) is -0.0690. The molecule has 1 heterocycles. The molecule has 0 aliphatic carbocycles.